The summed E-state index contributed by atoms with van der Waals surface area (Å²) in [4.78, 5) is 11.6. The molecule has 1 heterocycles. The van der Waals surface area contributed by atoms with Crippen molar-refractivity contribution in [2.75, 3.05) is 0 Å². The van der Waals surface area contributed by atoms with E-state index in [1.165, 1.54) is 6.07 Å². The highest BCUT2D eigenvalue weighted by atomic mass is 19.4. The van der Waals surface area contributed by atoms with Crippen molar-refractivity contribution < 1.29 is 32.9 Å². The van der Waals surface area contributed by atoms with Gasteiger partial charge in [0.05, 0.1) is 11.1 Å². The Labute approximate surface area is 176 Å². The number of rotatable bonds is 4. The first-order valence-electron chi connectivity index (χ1n) is 9.69. The maximum absolute atomic E-state index is 13.2. The number of carboxylic acid groups (broad SMARTS) is 1. The number of benzene rings is 3. The van der Waals surface area contributed by atoms with E-state index in [0.717, 1.165) is 29.3 Å². The van der Waals surface area contributed by atoms with Crippen LogP contribution in [0.15, 0.2) is 66.7 Å². The zero-order chi connectivity index (χ0) is 22.2. The Kier molecular flexibility index (Phi) is 5.45. The summed E-state index contributed by atoms with van der Waals surface area (Å²) in [6.45, 7) is 0. The fourth-order valence-electron chi connectivity index (χ4n) is 3.85. The first-order valence-corrected chi connectivity index (χ1v) is 9.69. The lowest BCUT2D eigenvalue weighted by Crippen LogP contribution is -2.34. The minimum atomic E-state index is -4.60. The van der Waals surface area contributed by atoms with Crippen LogP contribution < -0.4 is 4.74 Å². The number of carbonyl (C=O) groups is 1. The molecule has 1 unspecified atom stereocenters. The standard InChI is InChI=1S/C24H19F3O4/c25-24(26,27)18-8-9-19(22(28)29)20(13-18)15-6-7-16-11-17(23(30)31-21(16)12-15)10-14-4-2-1-3-5-14/h1-9,12-13,17,23,30H,10-11H2,(H,28,29)/t17-,23?/m0/s1. The molecule has 1 aliphatic heterocycles. The number of aromatic carboxylic acids is 1. The third kappa shape index (κ3) is 4.41. The van der Waals surface area contributed by atoms with E-state index in [0.29, 0.717) is 18.6 Å². The molecular formula is C24H19F3O4. The first-order chi connectivity index (χ1) is 14.7. The normalized spacial score (nSPS) is 18.2. The molecule has 7 heteroatoms. The predicted octanol–water partition coefficient (Wildman–Crippen LogP) is 5.18. The van der Waals surface area contributed by atoms with Crippen LogP contribution in [0.25, 0.3) is 11.1 Å². The molecule has 0 radical (unpaired) electrons. The lowest BCUT2D eigenvalue weighted by molar-refractivity contribution is -0.137. The first kappa shape index (κ1) is 20.9. The molecule has 3 aromatic rings. The van der Waals surface area contributed by atoms with E-state index in [1.54, 1.807) is 12.1 Å². The van der Waals surface area contributed by atoms with Gasteiger partial charge in [-0.15, -0.1) is 0 Å². The molecule has 4 nitrogen and oxygen atoms in total. The van der Waals surface area contributed by atoms with Crippen LogP contribution in [0.1, 0.15) is 27.0 Å². The Morgan fingerprint density at radius 3 is 2.45 bits per heavy atom. The number of carboxylic acids is 1. The number of aliphatic hydroxyl groups excluding tert-OH is 1. The quantitative estimate of drug-likeness (QED) is 0.601. The molecule has 0 saturated carbocycles. The highest BCUT2D eigenvalue weighted by Crippen LogP contribution is 2.38. The highest BCUT2D eigenvalue weighted by Gasteiger charge is 2.32. The van der Waals surface area contributed by atoms with Gasteiger partial charge in [-0.25, -0.2) is 4.79 Å². The number of ether oxygens (including phenoxy) is 1. The van der Waals surface area contributed by atoms with Gasteiger partial charge in [0, 0.05) is 5.92 Å². The van der Waals surface area contributed by atoms with Crippen molar-refractivity contribution in [1.82, 2.24) is 0 Å². The van der Waals surface area contributed by atoms with Crippen molar-refractivity contribution in [3.05, 3.63) is 89.0 Å². The van der Waals surface area contributed by atoms with Crippen LogP contribution in [-0.2, 0) is 19.0 Å². The number of fused-ring (bicyclic) bond motifs is 1. The van der Waals surface area contributed by atoms with Crippen LogP contribution in [0, 0.1) is 5.92 Å². The SMILES string of the molecule is O=C(O)c1ccc(C(F)(F)F)cc1-c1ccc2c(c1)OC(O)[C@@H](Cc1ccccc1)C2. The molecule has 0 amide bonds. The van der Waals surface area contributed by atoms with Gasteiger partial charge in [0.2, 0.25) is 6.29 Å². The van der Waals surface area contributed by atoms with Crippen LogP contribution in [0.4, 0.5) is 13.2 Å². The van der Waals surface area contributed by atoms with Gasteiger partial charge in [-0.05, 0) is 59.4 Å². The summed E-state index contributed by atoms with van der Waals surface area (Å²) in [5.41, 5.74) is 0.898. The summed E-state index contributed by atoms with van der Waals surface area (Å²) in [6.07, 6.45) is -4.54. The molecule has 0 aliphatic carbocycles. The zero-order valence-corrected chi connectivity index (χ0v) is 16.3. The monoisotopic (exact) mass is 428 g/mol. The van der Waals surface area contributed by atoms with E-state index in [4.69, 9.17) is 4.74 Å². The van der Waals surface area contributed by atoms with E-state index >= 15 is 0 Å². The third-order valence-corrected chi connectivity index (χ3v) is 5.43. The van der Waals surface area contributed by atoms with Crippen LogP contribution in [0.5, 0.6) is 5.75 Å². The van der Waals surface area contributed by atoms with Gasteiger partial charge < -0.3 is 14.9 Å². The van der Waals surface area contributed by atoms with Crippen molar-refractivity contribution in [3.8, 4) is 16.9 Å². The average Bonchev–Trinajstić information content (AvgIpc) is 2.73. The summed E-state index contributed by atoms with van der Waals surface area (Å²) in [6, 6.07) is 17.0. The van der Waals surface area contributed by atoms with Gasteiger partial charge in [0.1, 0.15) is 5.75 Å². The van der Waals surface area contributed by atoms with Gasteiger partial charge in [-0.2, -0.15) is 13.2 Å². The van der Waals surface area contributed by atoms with E-state index < -0.39 is 24.0 Å². The van der Waals surface area contributed by atoms with Crippen LogP contribution in [0.2, 0.25) is 0 Å². The van der Waals surface area contributed by atoms with Gasteiger partial charge >= 0.3 is 12.1 Å². The maximum Gasteiger partial charge on any atom is 0.416 e. The van der Waals surface area contributed by atoms with Crippen molar-refractivity contribution in [2.45, 2.75) is 25.3 Å². The topological polar surface area (TPSA) is 66.8 Å². The molecule has 0 fully saturated rings. The molecule has 0 spiro atoms. The van der Waals surface area contributed by atoms with Crippen molar-refractivity contribution in [2.24, 2.45) is 5.92 Å². The molecule has 0 bridgehead atoms. The molecular weight excluding hydrogens is 409 g/mol. The van der Waals surface area contributed by atoms with E-state index in [2.05, 4.69) is 0 Å². The second kappa shape index (κ2) is 8.07. The lowest BCUT2D eigenvalue weighted by Gasteiger charge is -2.30. The van der Waals surface area contributed by atoms with E-state index in [1.807, 2.05) is 30.3 Å². The minimum absolute atomic E-state index is 0.0605. The Balaban J connectivity index is 1.67. The predicted molar refractivity (Wildman–Crippen MR) is 108 cm³/mol. The summed E-state index contributed by atoms with van der Waals surface area (Å²) >= 11 is 0. The minimum Gasteiger partial charge on any atom is -0.478 e. The zero-order valence-electron chi connectivity index (χ0n) is 16.3. The van der Waals surface area contributed by atoms with Gasteiger partial charge in [-0.3, -0.25) is 0 Å². The summed E-state index contributed by atoms with van der Waals surface area (Å²) < 4.78 is 45.1. The van der Waals surface area contributed by atoms with Crippen molar-refractivity contribution in [1.29, 1.82) is 0 Å². The Morgan fingerprint density at radius 1 is 1.03 bits per heavy atom. The average molecular weight is 428 g/mol. The molecule has 0 aromatic heterocycles. The molecule has 2 N–H and O–H groups in total. The fraction of sp³-hybridized carbons (Fsp3) is 0.208. The summed E-state index contributed by atoms with van der Waals surface area (Å²) in [5, 5.41) is 19.9. The largest absolute Gasteiger partial charge is 0.478 e. The Hall–Kier alpha value is -3.32. The Bertz CT molecular complexity index is 1110. The number of alkyl halides is 3. The van der Waals surface area contributed by atoms with E-state index in [9.17, 15) is 28.2 Å². The highest BCUT2D eigenvalue weighted by molar-refractivity contribution is 5.96. The third-order valence-electron chi connectivity index (χ3n) is 5.43. The van der Waals surface area contributed by atoms with E-state index in [-0.39, 0.29) is 22.6 Å². The van der Waals surface area contributed by atoms with Gasteiger partial charge in [-0.1, -0.05) is 42.5 Å². The van der Waals surface area contributed by atoms with Gasteiger partial charge in [0.25, 0.3) is 0 Å². The van der Waals surface area contributed by atoms with Crippen LogP contribution in [-0.4, -0.2) is 22.5 Å². The number of hydrogen-bond acceptors (Lipinski definition) is 3. The Morgan fingerprint density at radius 2 is 1.77 bits per heavy atom. The summed E-state index contributed by atoms with van der Waals surface area (Å²) in [7, 11) is 0. The second-order valence-electron chi connectivity index (χ2n) is 7.55. The van der Waals surface area contributed by atoms with Crippen molar-refractivity contribution in [3.63, 3.8) is 0 Å². The number of halogens is 3. The number of aliphatic hydroxyl groups is 1. The van der Waals surface area contributed by atoms with Crippen molar-refractivity contribution >= 4 is 5.97 Å². The molecule has 160 valence electrons. The van der Waals surface area contributed by atoms with Crippen LogP contribution in [0.3, 0.4) is 0 Å². The molecule has 0 saturated heterocycles. The number of hydrogen-bond donors (Lipinski definition) is 2. The van der Waals surface area contributed by atoms with Gasteiger partial charge in [0.15, 0.2) is 0 Å². The molecule has 31 heavy (non-hydrogen) atoms. The molecule has 3 aromatic carbocycles. The summed E-state index contributed by atoms with van der Waals surface area (Å²) in [5.74, 6) is -1.17. The second-order valence-corrected chi connectivity index (χ2v) is 7.55. The maximum atomic E-state index is 13.2. The van der Waals surface area contributed by atoms with Crippen LogP contribution >= 0.6 is 0 Å². The fourth-order valence-corrected chi connectivity index (χ4v) is 3.85. The molecule has 1 aliphatic rings. The lowest BCUT2D eigenvalue weighted by atomic mass is 9.88. The molecule has 4 rings (SSSR count). The smallest absolute Gasteiger partial charge is 0.416 e. The molecule has 2 atom stereocenters.